The third-order valence-corrected chi connectivity index (χ3v) is 3.89. The molecule has 1 aliphatic rings. The number of nitrogens with one attached hydrogen (secondary N) is 1. The molecule has 0 heterocycles. The van der Waals surface area contributed by atoms with E-state index in [1.165, 1.54) is 7.11 Å². The van der Waals surface area contributed by atoms with Crippen molar-refractivity contribution in [3.8, 4) is 0 Å². The summed E-state index contributed by atoms with van der Waals surface area (Å²) >= 11 is 3.36. The lowest BCUT2D eigenvalue weighted by atomic mass is 10.1. The Morgan fingerprint density at radius 3 is 2.82 bits per heavy atom. The van der Waals surface area contributed by atoms with Crippen LogP contribution >= 0.6 is 15.9 Å². The highest BCUT2D eigenvalue weighted by molar-refractivity contribution is 9.10. The molecule has 0 saturated heterocycles. The molecule has 1 saturated carbocycles. The number of methoxy groups -OCH3 is 1. The Hall–Kier alpha value is -0.950. The molecule has 3 atom stereocenters. The Morgan fingerprint density at radius 2 is 2.29 bits per heavy atom. The number of ether oxygens (including phenoxy) is 1. The van der Waals surface area contributed by atoms with Crippen molar-refractivity contribution in [3.63, 3.8) is 0 Å². The molecular weight excluding hydrogens is 290 g/mol. The van der Waals surface area contributed by atoms with E-state index in [1.54, 1.807) is 0 Å². The maximum atomic E-state index is 11.6. The van der Waals surface area contributed by atoms with Crippen LogP contribution in [0.5, 0.6) is 0 Å². The van der Waals surface area contributed by atoms with Crippen LogP contribution in [0.2, 0.25) is 0 Å². The number of hydroxylamine groups is 2. The maximum Gasteiger partial charge on any atom is 0.371 e. The number of hydrogen-bond acceptors (Lipinski definition) is 4. The maximum absolute atomic E-state index is 11.6. The molecule has 3 unspecified atom stereocenters. The van der Waals surface area contributed by atoms with Crippen LogP contribution < -0.4 is 5.23 Å². The third kappa shape index (κ3) is 1.87. The van der Waals surface area contributed by atoms with E-state index in [9.17, 15) is 15.2 Å². The summed E-state index contributed by atoms with van der Waals surface area (Å²) in [5, 5.41) is 19.4. The first-order valence-corrected chi connectivity index (χ1v) is 5.89. The lowest BCUT2D eigenvalue weighted by Crippen LogP contribution is -3.12. The predicted molar refractivity (Wildman–Crippen MR) is 62.4 cm³/mol. The lowest BCUT2D eigenvalue weighted by Gasteiger charge is -2.23. The Balaban J connectivity index is 2.33. The molecule has 0 aromatic heterocycles. The van der Waals surface area contributed by atoms with Crippen LogP contribution in [0.15, 0.2) is 28.7 Å². The predicted octanol–water partition coefficient (Wildman–Crippen LogP) is 0.620. The molecule has 0 spiro atoms. The van der Waals surface area contributed by atoms with Gasteiger partial charge in [0.1, 0.15) is 0 Å². The molecular formula is C11H12BrNO4. The van der Waals surface area contributed by atoms with Crippen molar-refractivity contribution < 1.29 is 20.0 Å². The van der Waals surface area contributed by atoms with Gasteiger partial charge in [0.05, 0.1) is 13.0 Å². The van der Waals surface area contributed by atoms with Crippen molar-refractivity contribution in [2.75, 3.05) is 7.11 Å². The van der Waals surface area contributed by atoms with Crippen molar-refractivity contribution in [2.24, 2.45) is 0 Å². The molecule has 5 nitrogen and oxygen atoms in total. The second kappa shape index (κ2) is 4.38. The molecule has 2 rings (SSSR count). The number of rotatable bonds is 3. The van der Waals surface area contributed by atoms with Gasteiger partial charge in [-0.1, -0.05) is 34.1 Å². The Morgan fingerprint density at radius 1 is 1.65 bits per heavy atom. The first-order chi connectivity index (χ1) is 8.04. The monoisotopic (exact) mass is 301 g/mol. The molecule has 1 fully saturated rings. The second-order valence-corrected chi connectivity index (χ2v) is 4.90. The standard InChI is InChI=1S/C11H12BrNO4/c1-17-10(14)11(13(15)16)6-8(11)7-4-2-3-5-9(7)12/h2-5,8,13,15H,6H2,1H3. The number of hydrogen-bond donors (Lipinski definition) is 2. The Labute approximate surface area is 107 Å². The van der Waals surface area contributed by atoms with Gasteiger partial charge in [0, 0.05) is 10.9 Å². The highest BCUT2D eigenvalue weighted by atomic mass is 79.9. The van der Waals surface area contributed by atoms with Crippen LogP contribution in [-0.2, 0) is 9.53 Å². The highest BCUT2D eigenvalue weighted by Crippen LogP contribution is 2.51. The van der Waals surface area contributed by atoms with Crippen molar-refractivity contribution in [1.29, 1.82) is 0 Å². The molecule has 17 heavy (non-hydrogen) atoms. The van der Waals surface area contributed by atoms with Crippen LogP contribution in [0.3, 0.4) is 0 Å². The van der Waals surface area contributed by atoms with Gasteiger partial charge in [-0.25, -0.2) is 15.2 Å². The van der Waals surface area contributed by atoms with E-state index >= 15 is 0 Å². The normalized spacial score (nSPS) is 28.6. The van der Waals surface area contributed by atoms with Crippen LogP contribution in [0.4, 0.5) is 0 Å². The molecule has 0 aliphatic heterocycles. The van der Waals surface area contributed by atoms with E-state index in [1.807, 2.05) is 24.3 Å². The zero-order valence-electron chi connectivity index (χ0n) is 9.14. The summed E-state index contributed by atoms with van der Waals surface area (Å²) in [5.41, 5.74) is -0.571. The summed E-state index contributed by atoms with van der Waals surface area (Å²) in [6.45, 7) is 0. The molecule has 1 aromatic rings. The number of halogens is 1. The van der Waals surface area contributed by atoms with E-state index in [0.29, 0.717) is 0 Å². The number of quaternary nitrogens is 1. The van der Waals surface area contributed by atoms with E-state index in [2.05, 4.69) is 20.7 Å². The zero-order chi connectivity index (χ0) is 12.6. The topological polar surface area (TPSA) is 74.0 Å². The van der Waals surface area contributed by atoms with Gasteiger partial charge in [-0.15, -0.1) is 0 Å². The highest BCUT2D eigenvalue weighted by Gasteiger charge is 2.69. The molecule has 0 radical (unpaired) electrons. The molecule has 2 N–H and O–H groups in total. The van der Waals surface area contributed by atoms with E-state index in [-0.39, 0.29) is 12.3 Å². The minimum absolute atomic E-state index is 0.289. The van der Waals surface area contributed by atoms with Crippen molar-refractivity contribution in [3.05, 3.63) is 39.5 Å². The van der Waals surface area contributed by atoms with Gasteiger partial charge in [0.15, 0.2) is 0 Å². The average Bonchev–Trinajstić information content (AvgIpc) is 3.05. The van der Waals surface area contributed by atoms with Gasteiger partial charge in [0.25, 0.3) is 0 Å². The lowest BCUT2D eigenvalue weighted by molar-refractivity contribution is -1.07. The largest absolute Gasteiger partial charge is 0.599 e. The van der Waals surface area contributed by atoms with Gasteiger partial charge in [-0.05, 0) is 11.6 Å². The quantitative estimate of drug-likeness (QED) is 0.634. The summed E-state index contributed by atoms with van der Waals surface area (Å²) in [6, 6.07) is 7.32. The summed E-state index contributed by atoms with van der Waals surface area (Å²) in [7, 11) is 1.21. The van der Waals surface area contributed by atoms with Crippen molar-refractivity contribution in [1.82, 2.24) is 0 Å². The fourth-order valence-electron chi connectivity index (χ4n) is 2.13. The number of carbonyl (C=O) groups is 1. The average molecular weight is 302 g/mol. The van der Waals surface area contributed by atoms with Gasteiger partial charge in [-0.2, -0.15) is 0 Å². The summed E-state index contributed by atoms with van der Waals surface area (Å²) in [5.74, 6) is -0.992. The Kier molecular flexibility index (Phi) is 3.22. The summed E-state index contributed by atoms with van der Waals surface area (Å²) in [4.78, 5) is 11.6. The molecule has 0 amide bonds. The Bertz CT molecular complexity index is 451. The number of carbonyl (C=O) groups excluding carboxylic acids is 1. The third-order valence-electron chi connectivity index (χ3n) is 3.17. The van der Waals surface area contributed by atoms with Gasteiger partial charge < -0.3 is 9.94 Å². The smallest absolute Gasteiger partial charge is 0.371 e. The van der Waals surface area contributed by atoms with E-state index < -0.39 is 16.7 Å². The fraction of sp³-hybridized carbons (Fsp3) is 0.364. The SMILES string of the molecule is COC(=O)C1([NH+]([O-])O)CC1c1ccccc1Br. The van der Waals surface area contributed by atoms with Gasteiger partial charge in [-0.3, -0.25) is 0 Å². The minimum Gasteiger partial charge on any atom is -0.599 e. The van der Waals surface area contributed by atoms with E-state index in [0.717, 1.165) is 10.0 Å². The van der Waals surface area contributed by atoms with Crippen LogP contribution in [0, 0.1) is 5.21 Å². The zero-order valence-corrected chi connectivity index (χ0v) is 10.7. The van der Waals surface area contributed by atoms with E-state index in [4.69, 9.17) is 0 Å². The summed E-state index contributed by atoms with van der Waals surface area (Å²) in [6.07, 6.45) is 0.289. The van der Waals surface area contributed by atoms with Crippen molar-refractivity contribution in [2.45, 2.75) is 17.9 Å². The molecule has 1 aromatic carbocycles. The minimum atomic E-state index is -1.40. The molecule has 6 heteroatoms. The van der Waals surface area contributed by atoms with Gasteiger partial charge >= 0.3 is 5.97 Å². The molecule has 1 aliphatic carbocycles. The van der Waals surface area contributed by atoms with Gasteiger partial charge in [0.2, 0.25) is 5.54 Å². The first kappa shape index (κ1) is 12.5. The van der Waals surface area contributed by atoms with Crippen LogP contribution in [0.25, 0.3) is 0 Å². The summed E-state index contributed by atoms with van der Waals surface area (Å²) < 4.78 is 5.41. The van der Waals surface area contributed by atoms with Crippen LogP contribution in [-0.4, -0.2) is 23.8 Å². The number of esters is 1. The van der Waals surface area contributed by atoms with Crippen molar-refractivity contribution >= 4 is 21.9 Å². The molecule has 92 valence electrons. The second-order valence-electron chi connectivity index (χ2n) is 4.05. The fourth-order valence-corrected chi connectivity index (χ4v) is 2.69. The first-order valence-electron chi connectivity index (χ1n) is 5.10. The number of benzene rings is 1. The van der Waals surface area contributed by atoms with Crippen LogP contribution in [0.1, 0.15) is 17.9 Å². The molecule has 0 bridgehead atoms.